The highest BCUT2D eigenvalue weighted by Gasteiger charge is 2.17. The molecule has 4 heteroatoms. The summed E-state index contributed by atoms with van der Waals surface area (Å²) in [6.07, 6.45) is 5.04. The first-order valence-electron chi connectivity index (χ1n) is 6.41. The number of imidazole rings is 1. The summed E-state index contributed by atoms with van der Waals surface area (Å²) < 4.78 is 2.25. The lowest BCUT2D eigenvalue weighted by Crippen LogP contribution is -2.22. The molecule has 1 unspecified atom stereocenters. The van der Waals surface area contributed by atoms with Crippen LogP contribution in [0.1, 0.15) is 31.9 Å². The van der Waals surface area contributed by atoms with Crippen molar-refractivity contribution in [2.75, 3.05) is 27.2 Å². The SMILES string of the molecule is CC(C)C(CN)c1cncn1CCCN(C)C. The molecule has 98 valence electrons. The zero-order valence-corrected chi connectivity index (χ0v) is 11.6. The zero-order chi connectivity index (χ0) is 12.8. The molecule has 0 spiro atoms. The summed E-state index contributed by atoms with van der Waals surface area (Å²) in [5.41, 5.74) is 7.14. The van der Waals surface area contributed by atoms with Crippen molar-refractivity contribution < 1.29 is 0 Å². The number of aromatic nitrogens is 2. The fraction of sp³-hybridized carbons (Fsp3) is 0.769. The lowest BCUT2D eigenvalue weighted by molar-refractivity contribution is 0.380. The maximum absolute atomic E-state index is 5.86. The molecule has 1 heterocycles. The second-order valence-electron chi connectivity index (χ2n) is 5.25. The minimum absolute atomic E-state index is 0.414. The second kappa shape index (κ2) is 6.77. The normalized spacial score (nSPS) is 13.6. The third-order valence-corrected chi connectivity index (χ3v) is 3.19. The lowest BCUT2D eigenvalue weighted by Gasteiger charge is -2.21. The van der Waals surface area contributed by atoms with E-state index in [2.05, 4.69) is 42.4 Å². The van der Waals surface area contributed by atoms with Gasteiger partial charge in [0.15, 0.2) is 0 Å². The van der Waals surface area contributed by atoms with Gasteiger partial charge in [0.1, 0.15) is 0 Å². The van der Waals surface area contributed by atoms with Gasteiger partial charge in [-0.1, -0.05) is 13.8 Å². The molecule has 0 saturated heterocycles. The van der Waals surface area contributed by atoms with Gasteiger partial charge in [0.2, 0.25) is 0 Å². The van der Waals surface area contributed by atoms with Gasteiger partial charge in [-0.25, -0.2) is 4.98 Å². The van der Waals surface area contributed by atoms with Gasteiger partial charge >= 0.3 is 0 Å². The monoisotopic (exact) mass is 238 g/mol. The molecule has 0 aromatic carbocycles. The predicted molar refractivity (Wildman–Crippen MR) is 72.0 cm³/mol. The van der Waals surface area contributed by atoms with E-state index in [4.69, 9.17) is 5.73 Å². The van der Waals surface area contributed by atoms with Crippen LogP contribution in [0.25, 0.3) is 0 Å². The van der Waals surface area contributed by atoms with E-state index in [1.807, 2.05) is 12.5 Å². The fourth-order valence-corrected chi connectivity index (χ4v) is 2.12. The van der Waals surface area contributed by atoms with Crippen molar-refractivity contribution in [2.45, 2.75) is 32.7 Å². The van der Waals surface area contributed by atoms with Gasteiger partial charge in [-0.3, -0.25) is 0 Å². The molecule has 0 aliphatic heterocycles. The molecule has 4 nitrogen and oxygen atoms in total. The molecule has 0 fully saturated rings. The summed E-state index contributed by atoms with van der Waals surface area (Å²) in [4.78, 5) is 6.47. The summed E-state index contributed by atoms with van der Waals surface area (Å²) in [6, 6.07) is 0. The van der Waals surface area contributed by atoms with E-state index < -0.39 is 0 Å². The van der Waals surface area contributed by atoms with Gasteiger partial charge in [0.25, 0.3) is 0 Å². The molecule has 0 bridgehead atoms. The van der Waals surface area contributed by atoms with E-state index in [0.717, 1.165) is 19.5 Å². The smallest absolute Gasteiger partial charge is 0.0948 e. The van der Waals surface area contributed by atoms with E-state index in [9.17, 15) is 0 Å². The van der Waals surface area contributed by atoms with Crippen LogP contribution in [0.3, 0.4) is 0 Å². The number of hydrogen-bond donors (Lipinski definition) is 1. The summed E-state index contributed by atoms with van der Waals surface area (Å²) in [5.74, 6) is 0.973. The van der Waals surface area contributed by atoms with Crippen LogP contribution in [-0.4, -0.2) is 41.6 Å². The van der Waals surface area contributed by atoms with Crippen molar-refractivity contribution in [1.82, 2.24) is 14.5 Å². The fourth-order valence-electron chi connectivity index (χ4n) is 2.12. The van der Waals surface area contributed by atoms with Gasteiger partial charge in [-0.15, -0.1) is 0 Å². The van der Waals surface area contributed by atoms with Crippen molar-refractivity contribution in [3.8, 4) is 0 Å². The summed E-state index contributed by atoms with van der Waals surface area (Å²) in [5, 5.41) is 0. The third kappa shape index (κ3) is 4.13. The minimum Gasteiger partial charge on any atom is -0.334 e. The molecule has 0 radical (unpaired) electrons. The number of nitrogens with zero attached hydrogens (tertiary/aromatic N) is 3. The Kier molecular flexibility index (Phi) is 5.65. The third-order valence-electron chi connectivity index (χ3n) is 3.19. The van der Waals surface area contributed by atoms with Gasteiger partial charge in [-0.2, -0.15) is 0 Å². The molecule has 1 atom stereocenters. The van der Waals surface area contributed by atoms with Crippen LogP contribution in [0.4, 0.5) is 0 Å². The van der Waals surface area contributed by atoms with Crippen LogP contribution in [0.15, 0.2) is 12.5 Å². The summed E-state index contributed by atoms with van der Waals surface area (Å²) in [7, 11) is 4.21. The topological polar surface area (TPSA) is 47.1 Å². The first-order chi connectivity index (χ1) is 8.06. The van der Waals surface area contributed by atoms with Crippen LogP contribution in [0.2, 0.25) is 0 Å². The van der Waals surface area contributed by atoms with Gasteiger partial charge in [0.05, 0.1) is 6.33 Å². The molecule has 0 aliphatic carbocycles. The molecule has 1 rings (SSSR count). The average Bonchev–Trinajstić information content (AvgIpc) is 2.66. The first kappa shape index (κ1) is 14.2. The maximum atomic E-state index is 5.86. The van der Waals surface area contributed by atoms with Crippen LogP contribution in [0, 0.1) is 5.92 Å². The quantitative estimate of drug-likeness (QED) is 0.783. The summed E-state index contributed by atoms with van der Waals surface area (Å²) >= 11 is 0. The second-order valence-corrected chi connectivity index (χ2v) is 5.25. The van der Waals surface area contributed by atoms with E-state index in [1.165, 1.54) is 5.69 Å². The van der Waals surface area contributed by atoms with Gasteiger partial charge < -0.3 is 15.2 Å². The highest BCUT2D eigenvalue weighted by Crippen LogP contribution is 2.22. The van der Waals surface area contributed by atoms with Crippen LogP contribution in [0.5, 0.6) is 0 Å². The van der Waals surface area contributed by atoms with Gasteiger partial charge in [0, 0.05) is 30.9 Å². The number of nitrogens with two attached hydrogens (primary N) is 1. The average molecular weight is 238 g/mol. The van der Waals surface area contributed by atoms with Crippen molar-refractivity contribution in [3.05, 3.63) is 18.2 Å². The van der Waals surface area contributed by atoms with Gasteiger partial charge in [-0.05, 0) is 33.0 Å². The molecule has 17 heavy (non-hydrogen) atoms. The molecule has 1 aromatic rings. The van der Waals surface area contributed by atoms with Crippen LogP contribution in [-0.2, 0) is 6.54 Å². The van der Waals surface area contributed by atoms with E-state index >= 15 is 0 Å². The van der Waals surface area contributed by atoms with E-state index in [0.29, 0.717) is 18.4 Å². The standard InChI is InChI=1S/C13H26N4/c1-11(2)12(8-14)13-9-15-10-17(13)7-5-6-16(3)4/h9-12H,5-8,14H2,1-4H3. The molecule has 2 N–H and O–H groups in total. The Morgan fingerprint density at radius 3 is 2.65 bits per heavy atom. The Hall–Kier alpha value is -0.870. The molecule has 1 aromatic heterocycles. The van der Waals surface area contributed by atoms with Crippen molar-refractivity contribution in [3.63, 3.8) is 0 Å². The van der Waals surface area contributed by atoms with Crippen LogP contribution >= 0.6 is 0 Å². The van der Waals surface area contributed by atoms with Crippen LogP contribution < -0.4 is 5.73 Å². The Morgan fingerprint density at radius 2 is 2.12 bits per heavy atom. The Bertz CT molecular complexity index is 317. The molecule has 0 aliphatic rings. The number of hydrogen-bond acceptors (Lipinski definition) is 3. The summed E-state index contributed by atoms with van der Waals surface area (Å²) in [6.45, 7) is 7.25. The molecule has 0 saturated carbocycles. The van der Waals surface area contributed by atoms with E-state index in [-0.39, 0.29) is 0 Å². The van der Waals surface area contributed by atoms with Crippen molar-refractivity contribution >= 4 is 0 Å². The molecule has 0 amide bonds. The number of rotatable bonds is 7. The van der Waals surface area contributed by atoms with Crippen molar-refractivity contribution in [2.24, 2.45) is 11.7 Å². The Labute approximate surface area is 105 Å². The van der Waals surface area contributed by atoms with E-state index in [1.54, 1.807) is 0 Å². The largest absolute Gasteiger partial charge is 0.334 e. The molecular weight excluding hydrogens is 212 g/mol. The van der Waals surface area contributed by atoms with Crippen molar-refractivity contribution in [1.29, 1.82) is 0 Å². The maximum Gasteiger partial charge on any atom is 0.0948 e. The number of aryl methyl sites for hydroxylation is 1. The lowest BCUT2D eigenvalue weighted by atomic mass is 9.93. The molecular formula is C13H26N4. The zero-order valence-electron chi connectivity index (χ0n) is 11.6. The Balaban J connectivity index is 2.64. The minimum atomic E-state index is 0.414. The first-order valence-corrected chi connectivity index (χ1v) is 6.41. The Morgan fingerprint density at radius 1 is 1.41 bits per heavy atom. The highest BCUT2D eigenvalue weighted by atomic mass is 15.1. The highest BCUT2D eigenvalue weighted by molar-refractivity contribution is 5.08. The predicted octanol–water partition coefficient (Wildman–Crippen LogP) is 1.53.